The normalized spacial score (nSPS) is 10.5. The molecule has 0 bridgehead atoms. The van der Waals surface area contributed by atoms with E-state index in [1.165, 1.54) is 22.3 Å². The maximum atomic E-state index is 8.78. The van der Waals surface area contributed by atoms with Gasteiger partial charge in [-0.3, -0.25) is 0 Å². The van der Waals surface area contributed by atoms with E-state index in [-0.39, 0.29) is 0 Å². The van der Waals surface area contributed by atoms with Crippen molar-refractivity contribution >= 4 is 27.4 Å². The number of nitriles is 1. The minimum Gasteiger partial charge on any atom is -0.358 e. The predicted molar refractivity (Wildman–Crippen MR) is 77.2 cm³/mol. The van der Waals surface area contributed by atoms with Crippen LogP contribution in [0, 0.1) is 18.3 Å². The number of fused-ring (bicyclic) bond motifs is 1. The first kappa shape index (κ1) is 11.8. The summed E-state index contributed by atoms with van der Waals surface area (Å²) in [6.07, 6.45) is 1.59. The van der Waals surface area contributed by atoms with Crippen LogP contribution in [0.1, 0.15) is 16.1 Å². The Labute approximate surface area is 114 Å². The Kier molecular flexibility index (Phi) is 2.94. The van der Waals surface area contributed by atoms with Gasteiger partial charge in [-0.1, -0.05) is 29.5 Å². The first-order valence-corrected chi connectivity index (χ1v) is 6.75. The standard InChI is InChI=1S/C14H12N4S/c1-9-12(11-4-2-3-5-13(11)18-9)8-17-14-16-7-10(6-15)19-14/h2-5,7,18H,8H2,1H3,(H,16,17). The molecule has 1 aromatic carbocycles. The number of benzene rings is 1. The SMILES string of the molecule is Cc1[nH]c2ccccc2c1CNc1ncc(C#N)s1. The molecule has 2 N–H and O–H groups in total. The summed E-state index contributed by atoms with van der Waals surface area (Å²) >= 11 is 1.37. The van der Waals surface area contributed by atoms with Crippen LogP contribution in [0.4, 0.5) is 5.13 Å². The van der Waals surface area contributed by atoms with Crippen LogP contribution in [0.15, 0.2) is 30.5 Å². The largest absolute Gasteiger partial charge is 0.358 e. The van der Waals surface area contributed by atoms with Crippen LogP contribution < -0.4 is 5.32 Å². The van der Waals surface area contributed by atoms with Gasteiger partial charge in [0, 0.05) is 23.1 Å². The van der Waals surface area contributed by atoms with Crippen LogP contribution in [0.3, 0.4) is 0 Å². The number of anilines is 1. The van der Waals surface area contributed by atoms with Crippen LogP contribution in [0.25, 0.3) is 10.9 Å². The molecule has 0 unspecified atom stereocenters. The number of aromatic amines is 1. The number of hydrogen-bond acceptors (Lipinski definition) is 4. The second kappa shape index (κ2) is 4.75. The molecule has 94 valence electrons. The average molecular weight is 268 g/mol. The molecular formula is C14H12N4S. The Hall–Kier alpha value is -2.32. The zero-order valence-electron chi connectivity index (χ0n) is 10.4. The van der Waals surface area contributed by atoms with Crippen molar-refractivity contribution in [2.24, 2.45) is 0 Å². The molecule has 0 saturated carbocycles. The van der Waals surface area contributed by atoms with Gasteiger partial charge >= 0.3 is 0 Å². The van der Waals surface area contributed by atoms with Gasteiger partial charge in [-0.15, -0.1) is 0 Å². The second-order valence-electron chi connectivity index (χ2n) is 4.27. The molecule has 3 aromatic rings. The van der Waals surface area contributed by atoms with E-state index < -0.39 is 0 Å². The number of para-hydroxylation sites is 1. The van der Waals surface area contributed by atoms with Gasteiger partial charge in [0.2, 0.25) is 0 Å². The molecule has 0 radical (unpaired) electrons. The number of thiazole rings is 1. The number of H-pyrrole nitrogens is 1. The van der Waals surface area contributed by atoms with Crippen molar-refractivity contribution in [3.63, 3.8) is 0 Å². The third-order valence-electron chi connectivity index (χ3n) is 3.06. The third-order valence-corrected chi connectivity index (χ3v) is 3.92. The van der Waals surface area contributed by atoms with Gasteiger partial charge in [-0.25, -0.2) is 4.98 Å². The Balaban J connectivity index is 1.85. The molecule has 0 atom stereocenters. The Bertz CT molecular complexity index is 763. The highest BCUT2D eigenvalue weighted by atomic mass is 32.1. The summed E-state index contributed by atoms with van der Waals surface area (Å²) in [6.45, 7) is 2.77. The van der Waals surface area contributed by atoms with E-state index in [4.69, 9.17) is 5.26 Å². The molecule has 0 spiro atoms. The van der Waals surface area contributed by atoms with E-state index >= 15 is 0 Å². The number of aryl methyl sites for hydroxylation is 1. The quantitative estimate of drug-likeness (QED) is 0.765. The molecular weight excluding hydrogens is 256 g/mol. The Morgan fingerprint density at radius 2 is 2.26 bits per heavy atom. The van der Waals surface area contributed by atoms with E-state index in [0.29, 0.717) is 11.4 Å². The molecule has 0 saturated heterocycles. The number of nitrogens with one attached hydrogen (secondary N) is 2. The summed E-state index contributed by atoms with van der Waals surface area (Å²) in [4.78, 5) is 8.16. The smallest absolute Gasteiger partial charge is 0.184 e. The first-order valence-electron chi connectivity index (χ1n) is 5.94. The van der Waals surface area contributed by atoms with Crippen molar-refractivity contribution in [1.29, 1.82) is 5.26 Å². The zero-order chi connectivity index (χ0) is 13.2. The molecule has 19 heavy (non-hydrogen) atoms. The van der Waals surface area contributed by atoms with E-state index in [0.717, 1.165) is 16.3 Å². The lowest BCUT2D eigenvalue weighted by Gasteiger charge is -2.02. The van der Waals surface area contributed by atoms with Gasteiger partial charge < -0.3 is 10.3 Å². The molecule has 0 aliphatic carbocycles. The third kappa shape index (κ3) is 2.18. The van der Waals surface area contributed by atoms with Crippen LogP contribution in [0.2, 0.25) is 0 Å². The lowest BCUT2D eigenvalue weighted by molar-refractivity contribution is 1.11. The van der Waals surface area contributed by atoms with Crippen LogP contribution in [-0.4, -0.2) is 9.97 Å². The van der Waals surface area contributed by atoms with E-state index in [9.17, 15) is 0 Å². The topological polar surface area (TPSA) is 64.5 Å². The fraction of sp³-hybridized carbons (Fsp3) is 0.143. The molecule has 2 heterocycles. The van der Waals surface area contributed by atoms with Crippen molar-refractivity contribution in [2.75, 3.05) is 5.32 Å². The summed E-state index contributed by atoms with van der Waals surface area (Å²) in [5, 5.41) is 14.1. The molecule has 2 aromatic heterocycles. The predicted octanol–water partition coefficient (Wildman–Crippen LogP) is 3.42. The average Bonchev–Trinajstić information content (AvgIpc) is 3.00. The molecule has 0 aliphatic rings. The van der Waals surface area contributed by atoms with Gasteiger partial charge in [0.25, 0.3) is 0 Å². The van der Waals surface area contributed by atoms with E-state index in [1.54, 1.807) is 6.20 Å². The molecule has 4 nitrogen and oxygen atoms in total. The van der Waals surface area contributed by atoms with Crippen molar-refractivity contribution < 1.29 is 0 Å². The van der Waals surface area contributed by atoms with Gasteiger partial charge in [0.15, 0.2) is 5.13 Å². The van der Waals surface area contributed by atoms with Gasteiger partial charge in [0.05, 0.1) is 6.20 Å². The molecule has 0 amide bonds. The van der Waals surface area contributed by atoms with Crippen molar-refractivity contribution in [2.45, 2.75) is 13.5 Å². The minimum atomic E-state index is 0.623. The number of aromatic nitrogens is 2. The van der Waals surface area contributed by atoms with E-state index in [2.05, 4.69) is 40.4 Å². The highest BCUT2D eigenvalue weighted by Gasteiger charge is 2.08. The highest BCUT2D eigenvalue weighted by Crippen LogP contribution is 2.24. The highest BCUT2D eigenvalue weighted by molar-refractivity contribution is 7.16. The maximum Gasteiger partial charge on any atom is 0.184 e. The number of hydrogen-bond donors (Lipinski definition) is 2. The summed E-state index contributed by atoms with van der Waals surface area (Å²) in [6, 6.07) is 10.3. The minimum absolute atomic E-state index is 0.623. The summed E-state index contributed by atoms with van der Waals surface area (Å²) in [7, 11) is 0. The molecule has 3 rings (SSSR count). The first-order chi connectivity index (χ1) is 9.28. The van der Waals surface area contributed by atoms with Crippen LogP contribution >= 0.6 is 11.3 Å². The fourth-order valence-electron chi connectivity index (χ4n) is 2.13. The van der Waals surface area contributed by atoms with Gasteiger partial charge in [0.1, 0.15) is 10.9 Å². The fourth-order valence-corrected chi connectivity index (χ4v) is 2.74. The molecule has 0 aliphatic heterocycles. The lowest BCUT2D eigenvalue weighted by atomic mass is 10.1. The Morgan fingerprint density at radius 1 is 1.42 bits per heavy atom. The van der Waals surface area contributed by atoms with E-state index in [1.807, 2.05) is 12.1 Å². The Morgan fingerprint density at radius 3 is 3.05 bits per heavy atom. The number of rotatable bonds is 3. The summed E-state index contributed by atoms with van der Waals surface area (Å²) in [5.41, 5.74) is 3.55. The monoisotopic (exact) mass is 268 g/mol. The maximum absolute atomic E-state index is 8.78. The molecule has 0 fully saturated rings. The zero-order valence-corrected chi connectivity index (χ0v) is 11.2. The van der Waals surface area contributed by atoms with Crippen molar-refractivity contribution in [3.05, 3.63) is 46.6 Å². The van der Waals surface area contributed by atoms with Crippen LogP contribution in [0.5, 0.6) is 0 Å². The van der Waals surface area contributed by atoms with Crippen molar-refractivity contribution in [3.8, 4) is 6.07 Å². The molecule has 5 heteroatoms. The summed E-state index contributed by atoms with van der Waals surface area (Å²) < 4.78 is 0. The summed E-state index contributed by atoms with van der Waals surface area (Å²) in [5.74, 6) is 0. The van der Waals surface area contributed by atoms with Gasteiger partial charge in [-0.05, 0) is 18.6 Å². The lowest BCUT2D eigenvalue weighted by Crippen LogP contribution is -1.99. The number of nitrogens with zero attached hydrogens (tertiary/aromatic N) is 2. The van der Waals surface area contributed by atoms with Crippen molar-refractivity contribution in [1.82, 2.24) is 9.97 Å². The second-order valence-corrected chi connectivity index (χ2v) is 5.30. The van der Waals surface area contributed by atoms with Gasteiger partial charge in [-0.2, -0.15) is 5.26 Å². The van der Waals surface area contributed by atoms with Crippen LogP contribution in [-0.2, 0) is 6.54 Å².